The summed E-state index contributed by atoms with van der Waals surface area (Å²) >= 11 is 0. The van der Waals surface area contributed by atoms with Crippen LogP contribution < -0.4 is 5.32 Å². The van der Waals surface area contributed by atoms with E-state index in [0.29, 0.717) is 19.5 Å². The number of carbonyl (C=O) groups is 3. The maximum atomic E-state index is 13.1. The van der Waals surface area contributed by atoms with E-state index >= 15 is 0 Å². The lowest BCUT2D eigenvalue weighted by molar-refractivity contribution is -0.138. The molecular formula is C26H26N4O5. The third-order valence-electron chi connectivity index (χ3n) is 6.66. The molecule has 2 heterocycles. The van der Waals surface area contributed by atoms with E-state index in [-0.39, 0.29) is 42.2 Å². The second-order valence-electron chi connectivity index (χ2n) is 9.02. The van der Waals surface area contributed by atoms with Crippen LogP contribution in [-0.4, -0.2) is 57.5 Å². The number of carboxylic acids is 1. The smallest absolute Gasteiger partial charge is 0.412 e. The first-order chi connectivity index (χ1) is 16.9. The second kappa shape index (κ2) is 9.25. The van der Waals surface area contributed by atoms with Crippen molar-refractivity contribution in [3.63, 3.8) is 0 Å². The van der Waals surface area contributed by atoms with Gasteiger partial charge < -0.3 is 14.7 Å². The van der Waals surface area contributed by atoms with Gasteiger partial charge in [-0.2, -0.15) is 5.10 Å². The topological polar surface area (TPSA) is 114 Å². The Morgan fingerprint density at radius 3 is 2.40 bits per heavy atom. The summed E-state index contributed by atoms with van der Waals surface area (Å²) in [7, 11) is 1.66. The Kier molecular flexibility index (Phi) is 5.98. The maximum Gasteiger partial charge on any atom is 0.412 e. The molecule has 0 bridgehead atoms. The molecule has 3 aromatic rings. The molecule has 180 valence electrons. The van der Waals surface area contributed by atoms with Gasteiger partial charge in [0.2, 0.25) is 0 Å². The fourth-order valence-electron chi connectivity index (χ4n) is 5.07. The summed E-state index contributed by atoms with van der Waals surface area (Å²) in [5.74, 6) is -1.19. The van der Waals surface area contributed by atoms with Crippen LogP contribution >= 0.6 is 0 Å². The molecule has 1 atom stereocenters. The lowest BCUT2D eigenvalue weighted by Crippen LogP contribution is -2.30. The minimum Gasteiger partial charge on any atom is -0.481 e. The molecule has 1 unspecified atom stereocenters. The van der Waals surface area contributed by atoms with Gasteiger partial charge in [0.1, 0.15) is 12.2 Å². The summed E-state index contributed by atoms with van der Waals surface area (Å²) in [6, 6.07) is 16.2. The van der Waals surface area contributed by atoms with E-state index in [1.807, 2.05) is 36.4 Å². The Morgan fingerprint density at radius 2 is 1.74 bits per heavy atom. The highest BCUT2D eigenvalue weighted by molar-refractivity contribution is 6.01. The SMILES string of the molecule is Cn1cc(C(=O)N2CCC(CC(=O)O)C2)c(NC(=O)OCC2c3ccccc3-c3ccccc32)n1. The van der Waals surface area contributed by atoms with E-state index in [4.69, 9.17) is 9.84 Å². The maximum absolute atomic E-state index is 13.1. The molecule has 2 amide bonds. The molecule has 1 saturated heterocycles. The number of benzene rings is 2. The molecule has 1 fully saturated rings. The fraction of sp³-hybridized carbons (Fsp3) is 0.308. The van der Waals surface area contributed by atoms with E-state index in [9.17, 15) is 14.4 Å². The Morgan fingerprint density at radius 1 is 1.09 bits per heavy atom. The summed E-state index contributed by atoms with van der Waals surface area (Å²) in [6.07, 6.45) is 1.52. The first-order valence-corrected chi connectivity index (χ1v) is 11.6. The average molecular weight is 475 g/mol. The van der Waals surface area contributed by atoms with Gasteiger partial charge in [-0.25, -0.2) is 4.79 Å². The Bertz CT molecular complexity index is 1250. The molecule has 1 aliphatic heterocycles. The molecule has 9 heteroatoms. The predicted molar refractivity (Wildman–Crippen MR) is 128 cm³/mol. The van der Waals surface area contributed by atoms with Crippen molar-refractivity contribution in [2.75, 3.05) is 25.0 Å². The Hall–Kier alpha value is -4.14. The van der Waals surface area contributed by atoms with E-state index in [1.54, 1.807) is 18.1 Å². The molecule has 2 aromatic carbocycles. The van der Waals surface area contributed by atoms with E-state index in [1.165, 1.54) is 4.68 Å². The number of nitrogens with one attached hydrogen (secondary N) is 1. The van der Waals surface area contributed by atoms with Crippen LogP contribution in [0.5, 0.6) is 0 Å². The number of likely N-dealkylation sites (tertiary alicyclic amines) is 1. The van der Waals surface area contributed by atoms with Crippen molar-refractivity contribution in [3.05, 3.63) is 71.4 Å². The minimum absolute atomic E-state index is 0.0294. The highest BCUT2D eigenvalue weighted by Gasteiger charge is 2.32. The molecule has 2 aliphatic rings. The standard InChI is InChI=1S/C26H26N4O5/c1-29-14-21(25(33)30-11-10-16(13-30)12-23(31)32)24(28-29)27-26(34)35-15-22-19-8-4-2-6-17(19)18-7-3-5-9-20(18)22/h2-9,14,16,22H,10-13,15H2,1H3,(H,31,32)(H,27,28,34). The number of carboxylic acid groups (broad SMARTS) is 1. The first kappa shape index (κ1) is 22.6. The quantitative estimate of drug-likeness (QED) is 0.563. The molecule has 9 nitrogen and oxygen atoms in total. The third kappa shape index (κ3) is 4.49. The highest BCUT2D eigenvalue weighted by Crippen LogP contribution is 2.44. The number of hydrogen-bond acceptors (Lipinski definition) is 5. The minimum atomic E-state index is -0.872. The van der Waals surface area contributed by atoms with Gasteiger partial charge in [-0.1, -0.05) is 48.5 Å². The number of amides is 2. The molecule has 1 aliphatic carbocycles. The van der Waals surface area contributed by atoms with Crippen molar-refractivity contribution in [1.82, 2.24) is 14.7 Å². The number of ether oxygens (including phenoxy) is 1. The number of aliphatic carboxylic acids is 1. The zero-order valence-corrected chi connectivity index (χ0v) is 19.3. The van der Waals surface area contributed by atoms with E-state index < -0.39 is 12.1 Å². The van der Waals surface area contributed by atoms with Gasteiger partial charge in [-0.15, -0.1) is 0 Å². The molecule has 0 spiro atoms. The van der Waals surface area contributed by atoms with Gasteiger partial charge in [0.15, 0.2) is 5.82 Å². The lowest BCUT2D eigenvalue weighted by atomic mass is 9.98. The predicted octanol–water partition coefficient (Wildman–Crippen LogP) is 3.72. The summed E-state index contributed by atoms with van der Waals surface area (Å²) in [6.45, 7) is 0.986. The molecule has 2 N–H and O–H groups in total. The molecular weight excluding hydrogens is 448 g/mol. The van der Waals surface area contributed by atoms with Crippen LogP contribution in [0.25, 0.3) is 11.1 Å². The lowest BCUT2D eigenvalue weighted by Gasteiger charge is -2.17. The largest absolute Gasteiger partial charge is 0.481 e. The third-order valence-corrected chi connectivity index (χ3v) is 6.66. The molecule has 0 saturated carbocycles. The monoisotopic (exact) mass is 474 g/mol. The van der Waals surface area contributed by atoms with Crippen LogP contribution in [0.1, 0.15) is 40.2 Å². The van der Waals surface area contributed by atoms with Gasteiger partial charge in [-0.3, -0.25) is 19.6 Å². The van der Waals surface area contributed by atoms with Crippen molar-refractivity contribution >= 4 is 23.8 Å². The van der Waals surface area contributed by atoms with E-state index in [0.717, 1.165) is 22.3 Å². The van der Waals surface area contributed by atoms with Crippen LogP contribution in [0, 0.1) is 5.92 Å². The molecule has 0 radical (unpaired) electrons. The fourth-order valence-corrected chi connectivity index (χ4v) is 5.07. The number of nitrogens with zero attached hydrogens (tertiary/aromatic N) is 3. The second-order valence-corrected chi connectivity index (χ2v) is 9.02. The highest BCUT2D eigenvalue weighted by atomic mass is 16.5. The summed E-state index contributed by atoms with van der Waals surface area (Å²) < 4.78 is 7.04. The van der Waals surface area contributed by atoms with Crippen molar-refractivity contribution in [3.8, 4) is 11.1 Å². The van der Waals surface area contributed by atoms with Gasteiger partial charge in [0, 0.05) is 38.7 Å². The zero-order chi connectivity index (χ0) is 24.5. The van der Waals surface area contributed by atoms with Gasteiger partial charge in [0.25, 0.3) is 5.91 Å². The number of fused-ring (bicyclic) bond motifs is 3. The number of aromatic nitrogens is 2. The summed E-state index contributed by atoms with van der Waals surface area (Å²) in [5.41, 5.74) is 4.75. The Labute approximate surface area is 202 Å². The van der Waals surface area contributed by atoms with Gasteiger partial charge >= 0.3 is 12.1 Å². The number of carbonyl (C=O) groups excluding carboxylic acids is 2. The van der Waals surface area contributed by atoms with E-state index in [2.05, 4.69) is 22.5 Å². The number of rotatable bonds is 6. The van der Waals surface area contributed by atoms with Crippen LogP contribution in [0.4, 0.5) is 10.6 Å². The normalized spacial score (nSPS) is 16.6. The molecule has 1 aromatic heterocycles. The summed E-state index contributed by atoms with van der Waals surface area (Å²) in [5, 5.41) is 15.9. The summed E-state index contributed by atoms with van der Waals surface area (Å²) in [4.78, 5) is 38.4. The van der Waals surface area contributed by atoms with Crippen molar-refractivity contribution in [1.29, 1.82) is 0 Å². The van der Waals surface area contributed by atoms with Crippen LogP contribution in [0.15, 0.2) is 54.7 Å². The van der Waals surface area contributed by atoms with Crippen LogP contribution in [0.2, 0.25) is 0 Å². The van der Waals surface area contributed by atoms with Crippen LogP contribution in [-0.2, 0) is 16.6 Å². The van der Waals surface area contributed by atoms with Crippen LogP contribution in [0.3, 0.4) is 0 Å². The number of aryl methyl sites for hydroxylation is 1. The molecule has 5 rings (SSSR count). The number of hydrogen-bond donors (Lipinski definition) is 2. The Balaban J connectivity index is 1.26. The van der Waals surface area contributed by atoms with Crippen molar-refractivity contribution in [2.45, 2.75) is 18.8 Å². The average Bonchev–Trinajstić information content (AvgIpc) is 3.53. The van der Waals surface area contributed by atoms with Crippen molar-refractivity contribution < 1.29 is 24.2 Å². The first-order valence-electron chi connectivity index (χ1n) is 11.6. The van der Waals surface area contributed by atoms with Gasteiger partial charge in [0.05, 0.1) is 0 Å². The van der Waals surface area contributed by atoms with Gasteiger partial charge in [-0.05, 0) is 34.6 Å². The number of anilines is 1. The van der Waals surface area contributed by atoms with Crippen molar-refractivity contribution in [2.24, 2.45) is 13.0 Å². The molecule has 35 heavy (non-hydrogen) atoms. The zero-order valence-electron chi connectivity index (χ0n) is 19.3.